The summed E-state index contributed by atoms with van der Waals surface area (Å²) in [5.74, 6) is 1.42. The van der Waals surface area contributed by atoms with Crippen LogP contribution in [0.15, 0.2) is 47.0 Å². The number of nitrogens with zero attached hydrogens (tertiary/aromatic N) is 2. The lowest BCUT2D eigenvalue weighted by Crippen LogP contribution is -2.46. The largest absolute Gasteiger partial charge is 0.456 e. The standard InChI is InChI=1S/C20H20N2O3/c1-13-10-22(11-14(2)24-13)20-17(12-23)7-16(9-21-20)19-8-15-5-3-4-6-18(15)25-19/h3-9,12-14H,10-11H2,1-2H3. The lowest BCUT2D eigenvalue weighted by atomic mass is 10.1. The zero-order valence-corrected chi connectivity index (χ0v) is 14.3. The molecule has 0 N–H and O–H groups in total. The van der Waals surface area contributed by atoms with Gasteiger partial charge >= 0.3 is 0 Å². The van der Waals surface area contributed by atoms with Gasteiger partial charge in [0.1, 0.15) is 17.2 Å². The minimum Gasteiger partial charge on any atom is -0.456 e. The van der Waals surface area contributed by atoms with Gasteiger partial charge in [-0.25, -0.2) is 4.98 Å². The number of carbonyl (C=O) groups is 1. The fourth-order valence-corrected chi connectivity index (χ4v) is 3.44. The molecule has 2 atom stereocenters. The van der Waals surface area contributed by atoms with E-state index in [9.17, 15) is 4.79 Å². The van der Waals surface area contributed by atoms with E-state index in [1.165, 1.54) is 0 Å². The molecule has 1 aliphatic rings. The Morgan fingerprint density at radius 3 is 2.64 bits per heavy atom. The first-order valence-corrected chi connectivity index (χ1v) is 8.48. The summed E-state index contributed by atoms with van der Waals surface area (Å²) in [5.41, 5.74) is 2.20. The number of rotatable bonds is 3. The highest BCUT2D eigenvalue weighted by Crippen LogP contribution is 2.30. The molecule has 0 spiro atoms. The van der Waals surface area contributed by atoms with Crippen LogP contribution in [0.25, 0.3) is 22.3 Å². The summed E-state index contributed by atoms with van der Waals surface area (Å²) in [6.07, 6.45) is 2.85. The van der Waals surface area contributed by atoms with E-state index in [2.05, 4.69) is 9.88 Å². The van der Waals surface area contributed by atoms with Crippen LogP contribution in [0, 0.1) is 0 Å². The summed E-state index contributed by atoms with van der Waals surface area (Å²) < 4.78 is 11.6. The van der Waals surface area contributed by atoms with Gasteiger partial charge in [0, 0.05) is 30.2 Å². The Morgan fingerprint density at radius 1 is 1.16 bits per heavy atom. The molecule has 25 heavy (non-hydrogen) atoms. The van der Waals surface area contributed by atoms with Crippen LogP contribution in [-0.4, -0.2) is 36.6 Å². The molecule has 0 amide bonds. The fraction of sp³-hybridized carbons (Fsp3) is 0.300. The van der Waals surface area contributed by atoms with Gasteiger partial charge in [0.2, 0.25) is 0 Å². The van der Waals surface area contributed by atoms with Gasteiger partial charge in [0.25, 0.3) is 0 Å². The van der Waals surface area contributed by atoms with E-state index in [-0.39, 0.29) is 12.2 Å². The highest BCUT2D eigenvalue weighted by atomic mass is 16.5. The van der Waals surface area contributed by atoms with Gasteiger partial charge in [-0.2, -0.15) is 0 Å². The smallest absolute Gasteiger partial charge is 0.153 e. The molecule has 0 radical (unpaired) electrons. The van der Waals surface area contributed by atoms with Crippen LogP contribution in [0.5, 0.6) is 0 Å². The number of anilines is 1. The van der Waals surface area contributed by atoms with E-state index in [0.29, 0.717) is 17.1 Å². The first-order valence-electron chi connectivity index (χ1n) is 8.48. The number of fused-ring (bicyclic) bond motifs is 1. The molecular weight excluding hydrogens is 316 g/mol. The molecule has 0 aliphatic carbocycles. The Bertz CT molecular complexity index is 875. The topological polar surface area (TPSA) is 55.6 Å². The summed E-state index contributed by atoms with van der Waals surface area (Å²) in [6, 6.07) is 11.7. The molecule has 4 rings (SSSR count). The lowest BCUT2D eigenvalue weighted by molar-refractivity contribution is -0.00549. The van der Waals surface area contributed by atoms with Gasteiger partial charge in [0.15, 0.2) is 6.29 Å². The minimum atomic E-state index is 0.111. The van der Waals surface area contributed by atoms with E-state index in [1.807, 2.05) is 50.2 Å². The van der Waals surface area contributed by atoms with Crippen molar-refractivity contribution in [3.8, 4) is 11.3 Å². The van der Waals surface area contributed by atoms with Crippen molar-refractivity contribution in [3.63, 3.8) is 0 Å². The molecule has 0 bridgehead atoms. The van der Waals surface area contributed by atoms with Crippen LogP contribution in [0.4, 0.5) is 5.82 Å². The molecule has 1 aromatic carbocycles. The van der Waals surface area contributed by atoms with E-state index >= 15 is 0 Å². The van der Waals surface area contributed by atoms with E-state index < -0.39 is 0 Å². The van der Waals surface area contributed by atoms with Crippen LogP contribution in [0.2, 0.25) is 0 Å². The Hall–Kier alpha value is -2.66. The molecule has 3 heterocycles. The number of pyridine rings is 1. The van der Waals surface area contributed by atoms with Crippen LogP contribution in [0.1, 0.15) is 24.2 Å². The van der Waals surface area contributed by atoms with Gasteiger partial charge in [-0.15, -0.1) is 0 Å². The SMILES string of the molecule is CC1CN(c2ncc(-c3cc4ccccc4o3)cc2C=O)CC(C)O1. The molecule has 5 heteroatoms. The number of aldehydes is 1. The van der Waals surface area contributed by atoms with Crippen molar-refractivity contribution in [1.82, 2.24) is 4.98 Å². The summed E-state index contributed by atoms with van der Waals surface area (Å²) in [5, 5.41) is 1.03. The number of aromatic nitrogens is 1. The van der Waals surface area contributed by atoms with Crippen molar-refractivity contribution in [2.75, 3.05) is 18.0 Å². The Kier molecular flexibility index (Phi) is 4.01. The van der Waals surface area contributed by atoms with Gasteiger partial charge in [0.05, 0.1) is 17.8 Å². The molecule has 3 aromatic rings. The number of carbonyl (C=O) groups excluding carboxylic acids is 1. The zero-order valence-electron chi connectivity index (χ0n) is 14.3. The molecule has 1 fully saturated rings. The number of benzene rings is 1. The molecule has 128 valence electrons. The normalized spacial score (nSPS) is 20.8. The fourth-order valence-electron chi connectivity index (χ4n) is 3.44. The first-order chi connectivity index (χ1) is 12.1. The van der Waals surface area contributed by atoms with Crippen LogP contribution < -0.4 is 4.90 Å². The molecule has 0 saturated carbocycles. The van der Waals surface area contributed by atoms with Crippen molar-refractivity contribution in [2.45, 2.75) is 26.1 Å². The number of hydrogen-bond donors (Lipinski definition) is 0. The predicted octanol–water partition coefficient (Wildman–Crippen LogP) is 3.92. The zero-order chi connectivity index (χ0) is 17.4. The summed E-state index contributed by atoms with van der Waals surface area (Å²) in [7, 11) is 0. The second-order valence-corrected chi connectivity index (χ2v) is 6.57. The Balaban J connectivity index is 1.71. The summed E-state index contributed by atoms with van der Waals surface area (Å²) >= 11 is 0. The molecule has 1 aliphatic heterocycles. The maximum Gasteiger partial charge on any atom is 0.153 e. The minimum absolute atomic E-state index is 0.111. The monoisotopic (exact) mass is 336 g/mol. The number of hydrogen-bond acceptors (Lipinski definition) is 5. The molecular formula is C20H20N2O3. The number of para-hydroxylation sites is 1. The van der Waals surface area contributed by atoms with Gasteiger partial charge in [-0.05, 0) is 32.0 Å². The summed E-state index contributed by atoms with van der Waals surface area (Å²) in [6.45, 7) is 5.52. The average Bonchev–Trinajstić information content (AvgIpc) is 3.04. The van der Waals surface area contributed by atoms with E-state index in [0.717, 1.165) is 35.9 Å². The summed E-state index contributed by atoms with van der Waals surface area (Å²) in [4.78, 5) is 18.3. The van der Waals surface area contributed by atoms with Crippen LogP contribution >= 0.6 is 0 Å². The molecule has 2 unspecified atom stereocenters. The predicted molar refractivity (Wildman–Crippen MR) is 97.1 cm³/mol. The Labute approximate surface area is 146 Å². The van der Waals surface area contributed by atoms with Gasteiger partial charge < -0.3 is 14.1 Å². The van der Waals surface area contributed by atoms with Gasteiger partial charge in [-0.1, -0.05) is 18.2 Å². The van der Waals surface area contributed by atoms with Crippen LogP contribution in [-0.2, 0) is 4.74 Å². The molecule has 1 saturated heterocycles. The number of morpholine rings is 1. The van der Waals surface area contributed by atoms with Crippen molar-refractivity contribution in [1.29, 1.82) is 0 Å². The average molecular weight is 336 g/mol. The molecule has 5 nitrogen and oxygen atoms in total. The van der Waals surface area contributed by atoms with Crippen molar-refractivity contribution in [2.24, 2.45) is 0 Å². The Morgan fingerprint density at radius 2 is 1.92 bits per heavy atom. The van der Waals surface area contributed by atoms with Crippen molar-refractivity contribution < 1.29 is 13.9 Å². The van der Waals surface area contributed by atoms with E-state index in [4.69, 9.17) is 9.15 Å². The highest BCUT2D eigenvalue weighted by molar-refractivity contribution is 5.87. The quantitative estimate of drug-likeness (QED) is 0.679. The third-order valence-corrected chi connectivity index (χ3v) is 4.45. The number of furan rings is 1. The van der Waals surface area contributed by atoms with E-state index in [1.54, 1.807) is 6.20 Å². The number of ether oxygens (including phenoxy) is 1. The van der Waals surface area contributed by atoms with Gasteiger partial charge in [-0.3, -0.25) is 4.79 Å². The highest BCUT2D eigenvalue weighted by Gasteiger charge is 2.25. The van der Waals surface area contributed by atoms with Crippen molar-refractivity contribution >= 4 is 23.1 Å². The second-order valence-electron chi connectivity index (χ2n) is 6.57. The molecule has 2 aromatic heterocycles. The third-order valence-electron chi connectivity index (χ3n) is 4.45. The van der Waals surface area contributed by atoms with Crippen LogP contribution in [0.3, 0.4) is 0 Å². The lowest BCUT2D eigenvalue weighted by Gasteiger charge is -2.36. The maximum absolute atomic E-state index is 11.7. The third kappa shape index (κ3) is 3.03. The second kappa shape index (κ2) is 6.33. The first kappa shape index (κ1) is 15.8. The van der Waals surface area contributed by atoms with Crippen molar-refractivity contribution in [3.05, 3.63) is 48.2 Å². The maximum atomic E-state index is 11.7.